The first-order chi connectivity index (χ1) is 9.86. The van der Waals surface area contributed by atoms with Crippen molar-refractivity contribution in [1.29, 1.82) is 0 Å². The Hall–Kier alpha value is -1.66. The van der Waals surface area contributed by atoms with E-state index in [1.807, 2.05) is 24.4 Å². The maximum Gasteiger partial charge on any atom is 0.251 e. The average molecular weight is 323 g/mol. The van der Waals surface area contributed by atoms with Gasteiger partial charge in [0, 0.05) is 29.2 Å². The number of hydrogen-bond acceptors (Lipinski definition) is 4. The minimum Gasteiger partial charge on any atom is -0.349 e. The molecule has 0 fully saturated rings. The van der Waals surface area contributed by atoms with Gasteiger partial charge in [-0.3, -0.25) is 4.79 Å². The van der Waals surface area contributed by atoms with Gasteiger partial charge in [0.05, 0.1) is 4.90 Å². The largest absolute Gasteiger partial charge is 0.349 e. The molecule has 112 valence electrons. The van der Waals surface area contributed by atoms with Gasteiger partial charge in [0.1, 0.15) is 0 Å². The lowest BCUT2D eigenvalue weighted by Crippen LogP contribution is -2.33. The summed E-state index contributed by atoms with van der Waals surface area (Å²) in [4.78, 5) is 13.5. The van der Waals surface area contributed by atoms with Crippen molar-refractivity contribution in [3.63, 3.8) is 0 Å². The third-order valence-electron chi connectivity index (χ3n) is 2.99. The molecular formula is C15H17NO3S2. The molecule has 4 nitrogen and oxygen atoms in total. The highest BCUT2D eigenvalue weighted by molar-refractivity contribution is 7.90. The maximum atomic E-state index is 12.2. The number of sulfone groups is 1. The Morgan fingerprint density at radius 3 is 2.67 bits per heavy atom. The zero-order valence-electron chi connectivity index (χ0n) is 11.9. The molecule has 21 heavy (non-hydrogen) atoms. The van der Waals surface area contributed by atoms with Crippen LogP contribution < -0.4 is 5.32 Å². The van der Waals surface area contributed by atoms with Gasteiger partial charge in [-0.15, -0.1) is 11.3 Å². The molecule has 0 aliphatic rings. The molecule has 1 atom stereocenters. The lowest BCUT2D eigenvalue weighted by Gasteiger charge is -2.13. The lowest BCUT2D eigenvalue weighted by atomic mass is 10.1. The molecule has 0 saturated carbocycles. The van der Waals surface area contributed by atoms with Crippen molar-refractivity contribution in [1.82, 2.24) is 5.32 Å². The number of carbonyl (C=O) groups is 1. The quantitative estimate of drug-likeness (QED) is 0.919. The summed E-state index contributed by atoms with van der Waals surface area (Å²) in [6, 6.07) is 10.1. The number of benzene rings is 1. The highest BCUT2D eigenvalue weighted by Crippen LogP contribution is 2.13. The first-order valence-electron chi connectivity index (χ1n) is 6.49. The molecule has 1 N–H and O–H groups in total. The van der Waals surface area contributed by atoms with E-state index in [-0.39, 0.29) is 16.8 Å². The molecule has 0 bridgehead atoms. The van der Waals surface area contributed by atoms with Gasteiger partial charge in [-0.2, -0.15) is 0 Å². The minimum absolute atomic E-state index is 0.0157. The van der Waals surface area contributed by atoms with Crippen LogP contribution >= 0.6 is 11.3 Å². The van der Waals surface area contributed by atoms with E-state index in [0.717, 1.165) is 12.7 Å². The predicted octanol–water partition coefficient (Wildman–Crippen LogP) is 2.51. The van der Waals surface area contributed by atoms with Crippen molar-refractivity contribution in [2.45, 2.75) is 24.3 Å². The van der Waals surface area contributed by atoms with Crippen LogP contribution in [0.25, 0.3) is 0 Å². The SMILES string of the molecule is CC(Cc1cccs1)NC(=O)c1cccc(S(C)(=O)=O)c1. The zero-order valence-corrected chi connectivity index (χ0v) is 13.5. The van der Waals surface area contributed by atoms with E-state index in [0.29, 0.717) is 5.56 Å². The van der Waals surface area contributed by atoms with Gasteiger partial charge in [0.2, 0.25) is 0 Å². The summed E-state index contributed by atoms with van der Waals surface area (Å²) in [7, 11) is -3.31. The number of rotatable bonds is 5. The Bertz CT molecular complexity index is 721. The van der Waals surface area contributed by atoms with E-state index in [1.165, 1.54) is 17.0 Å². The Balaban J connectivity index is 2.06. The topological polar surface area (TPSA) is 63.2 Å². The second-order valence-corrected chi connectivity index (χ2v) is 8.01. The normalized spacial score (nSPS) is 12.9. The molecule has 0 saturated heterocycles. The fourth-order valence-corrected chi connectivity index (χ4v) is 3.46. The van der Waals surface area contributed by atoms with Gasteiger partial charge in [-0.05, 0) is 36.6 Å². The van der Waals surface area contributed by atoms with Crippen LogP contribution in [0.15, 0.2) is 46.7 Å². The van der Waals surface area contributed by atoms with E-state index in [1.54, 1.807) is 23.5 Å². The number of hydrogen-bond donors (Lipinski definition) is 1. The van der Waals surface area contributed by atoms with Crippen molar-refractivity contribution < 1.29 is 13.2 Å². The Labute approximate surface area is 128 Å². The van der Waals surface area contributed by atoms with Crippen molar-refractivity contribution in [2.24, 2.45) is 0 Å². The molecule has 1 aromatic carbocycles. The van der Waals surface area contributed by atoms with Crippen LogP contribution in [-0.4, -0.2) is 26.6 Å². The first kappa shape index (κ1) is 15.7. The Morgan fingerprint density at radius 1 is 1.29 bits per heavy atom. The van der Waals surface area contributed by atoms with Gasteiger partial charge in [0.25, 0.3) is 5.91 Å². The third-order valence-corrected chi connectivity index (χ3v) is 5.00. The molecule has 0 aliphatic heterocycles. The third kappa shape index (κ3) is 4.41. The first-order valence-corrected chi connectivity index (χ1v) is 9.27. The summed E-state index contributed by atoms with van der Waals surface area (Å²) < 4.78 is 23.0. The van der Waals surface area contributed by atoms with E-state index in [4.69, 9.17) is 0 Å². The second-order valence-electron chi connectivity index (χ2n) is 4.96. The van der Waals surface area contributed by atoms with Crippen LogP contribution in [0.1, 0.15) is 22.2 Å². The number of amides is 1. The molecule has 2 aromatic rings. The molecule has 1 unspecified atom stereocenters. The lowest BCUT2D eigenvalue weighted by molar-refractivity contribution is 0.0940. The van der Waals surface area contributed by atoms with Gasteiger partial charge < -0.3 is 5.32 Å². The van der Waals surface area contributed by atoms with E-state index < -0.39 is 9.84 Å². The van der Waals surface area contributed by atoms with Gasteiger partial charge in [0.15, 0.2) is 9.84 Å². The Kier molecular flexibility index (Phi) is 4.80. The maximum absolute atomic E-state index is 12.2. The van der Waals surface area contributed by atoms with Gasteiger partial charge in [-0.25, -0.2) is 8.42 Å². The molecule has 0 spiro atoms. The van der Waals surface area contributed by atoms with Gasteiger partial charge >= 0.3 is 0 Å². The van der Waals surface area contributed by atoms with Crippen LogP contribution in [-0.2, 0) is 16.3 Å². The average Bonchev–Trinajstić information content (AvgIpc) is 2.90. The summed E-state index contributed by atoms with van der Waals surface area (Å²) in [5.74, 6) is -0.260. The van der Waals surface area contributed by atoms with Crippen LogP contribution in [0, 0.1) is 0 Å². The summed E-state index contributed by atoms with van der Waals surface area (Å²) in [6.07, 6.45) is 1.89. The standard InChI is InChI=1S/C15H17NO3S2/c1-11(9-13-6-4-8-20-13)16-15(17)12-5-3-7-14(10-12)21(2,18)19/h3-8,10-11H,9H2,1-2H3,(H,16,17). The second kappa shape index (κ2) is 6.41. The van der Waals surface area contributed by atoms with Crippen LogP contribution in [0.3, 0.4) is 0 Å². The van der Waals surface area contributed by atoms with Gasteiger partial charge in [-0.1, -0.05) is 12.1 Å². The summed E-state index contributed by atoms with van der Waals surface area (Å²) >= 11 is 1.65. The summed E-state index contributed by atoms with van der Waals surface area (Å²) in [5, 5.41) is 4.89. The number of thiophene rings is 1. The van der Waals surface area contributed by atoms with E-state index in [2.05, 4.69) is 5.32 Å². The Morgan fingerprint density at radius 2 is 2.05 bits per heavy atom. The predicted molar refractivity (Wildman–Crippen MR) is 84.5 cm³/mol. The highest BCUT2D eigenvalue weighted by atomic mass is 32.2. The minimum atomic E-state index is -3.31. The highest BCUT2D eigenvalue weighted by Gasteiger charge is 2.14. The molecule has 0 aliphatic carbocycles. The molecule has 1 aromatic heterocycles. The smallest absolute Gasteiger partial charge is 0.251 e. The van der Waals surface area contributed by atoms with Crippen molar-refractivity contribution >= 4 is 27.1 Å². The fourth-order valence-electron chi connectivity index (χ4n) is 1.96. The van der Waals surface area contributed by atoms with E-state index in [9.17, 15) is 13.2 Å². The van der Waals surface area contributed by atoms with Crippen molar-refractivity contribution in [3.05, 3.63) is 52.2 Å². The monoisotopic (exact) mass is 323 g/mol. The van der Waals surface area contributed by atoms with Crippen LogP contribution in [0.4, 0.5) is 0 Å². The molecule has 2 rings (SSSR count). The van der Waals surface area contributed by atoms with Crippen LogP contribution in [0.5, 0.6) is 0 Å². The zero-order chi connectivity index (χ0) is 15.5. The number of nitrogens with one attached hydrogen (secondary N) is 1. The molecule has 0 radical (unpaired) electrons. The van der Waals surface area contributed by atoms with E-state index >= 15 is 0 Å². The van der Waals surface area contributed by atoms with Crippen molar-refractivity contribution in [3.8, 4) is 0 Å². The molecule has 6 heteroatoms. The molecule has 1 amide bonds. The fraction of sp³-hybridized carbons (Fsp3) is 0.267. The number of carbonyl (C=O) groups excluding carboxylic acids is 1. The van der Waals surface area contributed by atoms with Crippen LogP contribution in [0.2, 0.25) is 0 Å². The summed E-state index contributed by atoms with van der Waals surface area (Å²) in [5.41, 5.74) is 0.357. The molecule has 1 heterocycles. The van der Waals surface area contributed by atoms with Crippen molar-refractivity contribution in [2.75, 3.05) is 6.26 Å². The summed E-state index contributed by atoms with van der Waals surface area (Å²) in [6.45, 7) is 1.93. The molecular weight excluding hydrogens is 306 g/mol.